The number of hydrogen-bond acceptors (Lipinski definition) is 6. The van der Waals surface area contributed by atoms with Crippen LogP contribution in [0.15, 0.2) is 73.1 Å². The quantitative estimate of drug-likeness (QED) is 0.134. The number of amides is 1. The number of carbonyl (C=O) groups excluding carboxylic acids is 1. The number of benzene rings is 2. The number of halogens is 2. The van der Waals surface area contributed by atoms with Gasteiger partial charge in [0.05, 0.1) is 23.9 Å². The number of hydrogen-bond donors (Lipinski definition) is 1. The van der Waals surface area contributed by atoms with Crippen LogP contribution in [0, 0.1) is 13.8 Å². The van der Waals surface area contributed by atoms with Crippen LogP contribution in [0.3, 0.4) is 0 Å². The highest BCUT2D eigenvalue weighted by atomic mass is 79.9. The Morgan fingerprint density at radius 3 is 2.31 bits per heavy atom. The summed E-state index contributed by atoms with van der Waals surface area (Å²) in [5.41, 5.74) is 6.58. The Balaban J connectivity index is 1.35. The summed E-state index contributed by atoms with van der Waals surface area (Å²) in [4.78, 5) is 12.6. The van der Waals surface area contributed by atoms with Gasteiger partial charge in [-0.3, -0.25) is 4.79 Å². The lowest BCUT2D eigenvalue weighted by Gasteiger charge is -2.15. The average Bonchev–Trinajstić information content (AvgIpc) is 3.54. The maximum absolute atomic E-state index is 12.6. The molecular weight excluding hydrogens is 630 g/mol. The summed E-state index contributed by atoms with van der Waals surface area (Å²) >= 11 is 7.07. The highest BCUT2D eigenvalue weighted by Crippen LogP contribution is 2.42. The second-order valence-corrected chi connectivity index (χ2v) is 10.1. The summed E-state index contributed by atoms with van der Waals surface area (Å²) in [5, 5.41) is 4.08. The minimum absolute atomic E-state index is 0.126. The highest BCUT2D eigenvalue weighted by Gasteiger charge is 2.17. The van der Waals surface area contributed by atoms with E-state index in [1.165, 1.54) is 17.6 Å². The van der Waals surface area contributed by atoms with E-state index in [2.05, 4.69) is 72.9 Å². The van der Waals surface area contributed by atoms with Crippen LogP contribution in [-0.2, 0) is 6.61 Å². The van der Waals surface area contributed by atoms with Crippen LogP contribution >= 0.6 is 31.9 Å². The Labute approximate surface area is 244 Å². The van der Waals surface area contributed by atoms with Crippen molar-refractivity contribution in [2.75, 3.05) is 13.2 Å². The molecule has 0 bridgehead atoms. The van der Waals surface area contributed by atoms with Gasteiger partial charge in [0, 0.05) is 27.1 Å². The van der Waals surface area contributed by atoms with Crippen LogP contribution in [0.2, 0.25) is 0 Å². The smallest absolute Gasteiger partial charge is 0.307 e. The predicted octanol–water partition coefficient (Wildman–Crippen LogP) is 7.35. The number of carbonyl (C=O) groups is 1. The van der Waals surface area contributed by atoms with E-state index in [-0.39, 0.29) is 12.4 Å². The molecule has 0 atom stereocenters. The monoisotopic (exact) mass is 657 g/mol. The van der Waals surface area contributed by atoms with Crippen LogP contribution < -0.4 is 19.6 Å². The molecular formula is C29H29Br2N3O5. The summed E-state index contributed by atoms with van der Waals surface area (Å²) in [5.74, 6) is 2.03. The molecule has 2 aromatic carbocycles. The molecule has 39 heavy (non-hydrogen) atoms. The number of aryl methyl sites for hydroxylation is 2. The maximum Gasteiger partial charge on any atom is 0.307 e. The van der Waals surface area contributed by atoms with E-state index < -0.39 is 5.91 Å². The molecule has 0 unspecified atom stereocenters. The number of aromatic nitrogens is 1. The van der Waals surface area contributed by atoms with E-state index in [4.69, 9.17) is 18.6 Å². The third-order valence-corrected chi connectivity index (χ3v) is 7.89. The molecule has 0 aliphatic heterocycles. The topological polar surface area (TPSA) is 87.2 Å². The van der Waals surface area contributed by atoms with Gasteiger partial charge in [-0.2, -0.15) is 5.10 Å². The van der Waals surface area contributed by atoms with Gasteiger partial charge in [0.1, 0.15) is 18.1 Å². The van der Waals surface area contributed by atoms with Crippen LogP contribution in [0.1, 0.15) is 47.1 Å². The summed E-state index contributed by atoms with van der Waals surface area (Å²) in [6.45, 7) is 9.09. The summed E-state index contributed by atoms with van der Waals surface area (Å²) in [6, 6.07) is 17.1. The first-order valence-corrected chi connectivity index (χ1v) is 14.0. The molecule has 1 N–H and O–H groups in total. The van der Waals surface area contributed by atoms with Crippen molar-refractivity contribution in [1.29, 1.82) is 0 Å². The van der Waals surface area contributed by atoms with Crippen molar-refractivity contribution < 1.29 is 23.4 Å². The molecule has 0 aliphatic carbocycles. The van der Waals surface area contributed by atoms with E-state index in [1.807, 2.05) is 38.1 Å². The van der Waals surface area contributed by atoms with Crippen LogP contribution in [0.5, 0.6) is 17.2 Å². The van der Waals surface area contributed by atoms with Gasteiger partial charge >= 0.3 is 5.91 Å². The Morgan fingerprint density at radius 2 is 1.64 bits per heavy atom. The Morgan fingerprint density at radius 1 is 0.949 bits per heavy atom. The van der Waals surface area contributed by atoms with Gasteiger partial charge in [-0.1, -0.05) is 0 Å². The number of ether oxygens (including phenoxy) is 3. The fourth-order valence-corrected chi connectivity index (χ4v) is 4.89. The van der Waals surface area contributed by atoms with E-state index >= 15 is 0 Å². The largest absolute Gasteiger partial charge is 0.490 e. The van der Waals surface area contributed by atoms with Crippen molar-refractivity contribution in [2.45, 2.75) is 34.3 Å². The third-order valence-electron chi connectivity index (χ3n) is 5.75. The van der Waals surface area contributed by atoms with Crippen LogP contribution in [0.4, 0.5) is 0 Å². The number of nitrogens with zero attached hydrogens (tertiary/aromatic N) is 2. The summed E-state index contributed by atoms with van der Waals surface area (Å²) in [6.07, 6.45) is 1.51. The fourth-order valence-electron chi connectivity index (χ4n) is 3.95. The Hall–Kier alpha value is -3.50. The third kappa shape index (κ3) is 6.75. The lowest BCUT2D eigenvalue weighted by Crippen LogP contribution is -2.16. The van der Waals surface area contributed by atoms with Gasteiger partial charge in [0.2, 0.25) is 0 Å². The predicted molar refractivity (Wildman–Crippen MR) is 158 cm³/mol. The van der Waals surface area contributed by atoms with Crippen LogP contribution in [-0.4, -0.2) is 29.9 Å². The first-order chi connectivity index (χ1) is 18.8. The van der Waals surface area contributed by atoms with Crippen molar-refractivity contribution in [1.82, 2.24) is 9.99 Å². The Kier molecular flexibility index (Phi) is 9.53. The number of hydrazone groups is 1. The van der Waals surface area contributed by atoms with Gasteiger partial charge < -0.3 is 23.2 Å². The van der Waals surface area contributed by atoms with E-state index in [9.17, 15) is 4.79 Å². The zero-order valence-electron chi connectivity index (χ0n) is 22.1. The van der Waals surface area contributed by atoms with Gasteiger partial charge in [0.25, 0.3) is 0 Å². The normalized spacial score (nSPS) is 11.1. The van der Waals surface area contributed by atoms with Gasteiger partial charge in [-0.15, -0.1) is 0 Å². The molecule has 0 radical (unpaired) electrons. The van der Waals surface area contributed by atoms with Gasteiger partial charge in [-0.05, 0) is 114 Å². The highest BCUT2D eigenvalue weighted by molar-refractivity contribution is 9.13. The molecule has 0 saturated heterocycles. The maximum atomic E-state index is 12.6. The molecule has 2 aromatic heterocycles. The zero-order chi connectivity index (χ0) is 27.9. The lowest BCUT2D eigenvalue weighted by atomic mass is 10.2. The number of nitrogens with one attached hydrogen (secondary N) is 1. The standard InChI is InChI=1S/C29H29Br2N3O5/c1-5-36-25-15-20(26(30)27(31)28(25)37-6-2)16-32-33-29(35)24-14-13-23(39-24)17-38-22-11-9-21(10-12-22)34-18(3)7-8-19(34)4/h7-16H,5-6,17H2,1-4H3,(H,33,35)/b32-16+. The van der Waals surface area contributed by atoms with Gasteiger partial charge in [-0.25, -0.2) is 5.43 Å². The van der Waals surface area contributed by atoms with Crippen molar-refractivity contribution in [3.05, 3.63) is 92.0 Å². The zero-order valence-corrected chi connectivity index (χ0v) is 25.3. The van der Waals surface area contributed by atoms with Gasteiger partial charge in [0.15, 0.2) is 17.3 Å². The molecule has 204 valence electrons. The average molecular weight is 659 g/mol. The minimum Gasteiger partial charge on any atom is -0.490 e. The molecule has 10 heteroatoms. The van der Waals surface area contributed by atoms with Crippen molar-refractivity contribution in [3.63, 3.8) is 0 Å². The Bertz CT molecular complexity index is 1460. The fraction of sp³-hybridized carbons (Fsp3) is 0.241. The number of furan rings is 1. The van der Waals surface area contributed by atoms with E-state index in [0.29, 0.717) is 46.3 Å². The second kappa shape index (κ2) is 13.0. The molecule has 4 rings (SSSR count). The first kappa shape index (κ1) is 28.5. The molecule has 8 nitrogen and oxygen atoms in total. The van der Waals surface area contributed by atoms with Crippen molar-refractivity contribution >= 4 is 44.0 Å². The molecule has 0 spiro atoms. The molecule has 0 aliphatic rings. The SMILES string of the molecule is CCOc1cc(/C=N/NC(=O)c2ccc(COc3ccc(-n4c(C)ccc4C)cc3)o2)c(Br)c(Br)c1OCC. The van der Waals surface area contributed by atoms with Crippen molar-refractivity contribution in [3.8, 4) is 22.9 Å². The van der Waals surface area contributed by atoms with E-state index in [1.54, 1.807) is 18.2 Å². The van der Waals surface area contributed by atoms with E-state index in [0.717, 1.165) is 10.2 Å². The molecule has 2 heterocycles. The summed E-state index contributed by atoms with van der Waals surface area (Å²) < 4.78 is 26.5. The second-order valence-electron chi connectivity index (χ2n) is 8.49. The van der Waals surface area contributed by atoms with Crippen molar-refractivity contribution in [2.24, 2.45) is 5.10 Å². The minimum atomic E-state index is -0.481. The molecule has 4 aromatic rings. The molecule has 0 fully saturated rings. The molecule has 0 saturated carbocycles. The lowest BCUT2D eigenvalue weighted by molar-refractivity contribution is 0.0923. The van der Waals surface area contributed by atoms with Crippen LogP contribution in [0.25, 0.3) is 5.69 Å². The first-order valence-electron chi connectivity index (χ1n) is 12.4. The number of rotatable bonds is 11. The summed E-state index contributed by atoms with van der Waals surface area (Å²) in [7, 11) is 0. The molecule has 1 amide bonds.